The van der Waals surface area contributed by atoms with E-state index in [1.54, 1.807) is 0 Å². The van der Waals surface area contributed by atoms with Crippen molar-refractivity contribution in [1.82, 2.24) is 0 Å². The predicted octanol–water partition coefficient (Wildman–Crippen LogP) is 1.84. The van der Waals surface area contributed by atoms with Crippen LogP contribution in [0.4, 0.5) is 0 Å². The number of carbonyl (C=O) groups excluding carboxylic acids is 1. The van der Waals surface area contributed by atoms with Gasteiger partial charge in [0, 0.05) is 20.3 Å². The normalized spacial score (nSPS) is 11.3. The minimum absolute atomic E-state index is 0.323. The fourth-order valence-corrected chi connectivity index (χ4v) is 0.849. The molecule has 12 heavy (non-hydrogen) atoms. The average molecular weight is 174 g/mol. The van der Waals surface area contributed by atoms with Crippen molar-refractivity contribution < 1.29 is 14.6 Å². The third kappa shape index (κ3) is 7.54. The second kappa shape index (κ2) is 5.14. The van der Waals surface area contributed by atoms with Crippen LogP contribution in [0.25, 0.3) is 0 Å². The Bertz CT molecular complexity index is 135. The summed E-state index contributed by atoms with van der Waals surface area (Å²) in [6.07, 6.45) is 3.35. The maximum atomic E-state index is 11.0. The van der Waals surface area contributed by atoms with Gasteiger partial charge in [-0.2, -0.15) is 0 Å². The minimum atomic E-state index is -1.33. The summed E-state index contributed by atoms with van der Waals surface area (Å²) in [5.74, 6) is -1.65. The Balaban J connectivity index is 3.47. The molecule has 0 heterocycles. The fourth-order valence-electron chi connectivity index (χ4n) is 0.849. The summed E-state index contributed by atoms with van der Waals surface area (Å²) in [6.45, 7) is 4.97. The molecule has 3 heteroatoms. The van der Waals surface area contributed by atoms with Crippen LogP contribution in [0.3, 0.4) is 0 Å². The van der Waals surface area contributed by atoms with Crippen molar-refractivity contribution in [3.05, 3.63) is 0 Å². The van der Waals surface area contributed by atoms with Crippen molar-refractivity contribution in [1.29, 1.82) is 0 Å². The fraction of sp³-hybridized carbons (Fsp3) is 0.889. The van der Waals surface area contributed by atoms with Crippen LogP contribution >= 0.6 is 0 Å². The second-order valence-corrected chi connectivity index (χ2v) is 3.38. The van der Waals surface area contributed by atoms with Crippen molar-refractivity contribution in [2.75, 3.05) is 0 Å². The van der Waals surface area contributed by atoms with Crippen molar-refractivity contribution >= 4 is 5.97 Å². The molecule has 0 saturated carbocycles. The number of aliphatic hydroxyl groups is 1. The summed E-state index contributed by atoms with van der Waals surface area (Å²) >= 11 is 0. The van der Waals surface area contributed by atoms with E-state index in [-0.39, 0.29) is 5.97 Å². The molecule has 0 aliphatic carbocycles. The van der Waals surface area contributed by atoms with Crippen LogP contribution in [0.5, 0.6) is 0 Å². The van der Waals surface area contributed by atoms with Gasteiger partial charge in [-0.05, 0) is 6.42 Å². The van der Waals surface area contributed by atoms with Gasteiger partial charge in [0.2, 0.25) is 5.79 Å². The molecular weight excluding hydrogens is 156 g/mol. The molecule has 0 aromatic rings. The van der Waals surface area contributed by atoms with E-state index in [1.165, 1.54) is 13.8 Å². The van der Waals surface area contributed by atoms with E-state index in [1.807, 2.05) is 0 Å². The number of rotatable bonds is 5. The lowest BCUT2D eigenvalue weighted by Crippen LogP contribution is -2.26. The van der Waals surface area contributed by atoms with Crippen molar-refractivity contribution in [2.45, 2.75) is 52.2 Å². The maximum absolute atomic E-state index is 11.0. The number of hydrogen-bond acceptors (Lipinski definition) is 3. The topological polar surface area (TPSA) is 46.5 Å². The standard InChI is InChI=1S/C9H18O3/c1-4-5-6-7-8(10)12-9(2,3)11/h11H,4-7H2,1-3H3. The van der Waals surface area contributed by atoms with Crippen LogP contribution in [0.15, 0.2) is 0 Å². The maximum Gasteiger partial charge on any atom is 0.308 e. The highest BCUT2D eigenvalue weighted by Crippen LogP contribution is 2.07. The van der Waals surface area contributed by atoms with Gasteiger partial charge >= 0.3 is 5.97 Å². The second-order valence-electron chi connectivity index (χ2n) is 3.38. The van der Waals surface area contributed by atoms with E-state index < -0.39 is 5.79 Å². The van der Waals surface area contributed by atoms with Gasteiger partial charge in [-0.15, -0.1) is 0 Å². The first kappa shape index (κ1) is 11.4. The Hall–Kier alpha value is -0.570. The van der Waals surface area contributed by atoms with Gasteiger partial charge < -0.3 is 9.84 Å². The van der Waals surface area contributed by atoms with Crippen molar-refractivity contribution in [3.63, 3.8) is 0 Å². The van der Waals surface area contributed by atoms with Crippen molar-refractivity contribution in [2.24, 2.45) is 0 Å². The molecule has 1 N–H and O–H groups in total. The zero-order chi connectivity index (χ0) is 9.61. The monoisotopic (exact) mass is 174 g/mol. The lowest BCUT2D eigenvalue weighted by molar-refractivity contribution is -0.194. The van der Waals surface area contributed by atoms with Crippen LogP contribution in [-0.2, 0) is 9.53 Å². The first-order valence-corrected chi connectivity index (χ1v) is 4.40. The van der Waals surface area contributed by atoms with Crippen LogP contribution in [-0.4, -0.2) is 16.9 Å². The number of unbranched alkanes of at least 4 members (excludes halogenated alkanes) is 2. The molecule has 0 aromatic carbocycles. The highest BCUT2D eigenvalue weighted by Gasteiger charge is 2.17. The van der Waals surface area contributed by atoms with Gasteiger partial charge in [-0.1, -0.05) is 19.8 Å². The summed E-state index contributed by atoms with van der Waals surface area (Å²) in [6, 6.07) is 0. The van der Waals surface area contributed by atoms with E-state index in [0.717, 1.165) is 19.3 Å². The molecule has 0 bridgehead atoms. The Morgan fingerprint density at radius 1 is 1.42 bits per heavy atom. The molecule has 0 saturated heterocycles. The quantitative estimate of drug-likeness (QED) is 0.393. The van der Waals surface area contributed by atoms with E-state index in [0.29, 0.717) is 6.42 Å². The molecule has 0 aliphatic rings. The summed E-state index contributed by atoms with van der Waals surface area (Å²) in [7, 11) is 0. The zero-order valence-corrected chi connectivity index (χ0v) is 8.09. The summed E-state index contributed by atoms with van der Waals surface area (Å²) in [4.78, 5) is 11.0. The lowest BCUT2D eigenvalue weighted by atomic mass is 10.2. The van der Waals surface area contributed by atoms with E-state index in [4.69, 9.17) is 9.84 Å². The van der Waals surface area contributed by atoms with E-state index >= 15 is 0 Å². The molecule has 0 aromatic heterocycles. The highest BCUT2D eigenvalue weighted by molar-refractivity contribution is 5.69. The first-order valence-electron chi connectivity index (χ1n) is 4.40. The van der Waals surface area contributed by atoms with Gasteiger partial charge in [0.1, 0.15) is 0 Å². The SMILES string of the molecule is CCCCCC(=O)OC(C)(C)O. The molecule has 0 atom stereocenters. The molecular formula is C9H18O3. The van der Waals surface area contributed by atoms with E-state index in [9.17, 15) is 4.79 Å². The molecule has 0 aliphatic heterocycles. The minimum Gasteiger partial charge on any atom is -0.434 e. The summed E-state index contributed by atoms with van der Waals surface area (Å²) < 4.78 is 4.70. The Morgan fingerprint density at radius 2 is 2.00 bits per heavy atom. The molecule has 0 unspecified atom stereocenters. The number of esters is 1. The smallest absolute Gasteiger partial charge is 0.308 e. The third-order valence-electron chi connectivity index (χ3n) is 1.35. The predicted molar refractivity (Wildman–Crippen MR) is 46.5 cm³/mol. The van der Waals surface area contributed by atoms with Crippen LogP contribution in [0, 0.1) is 0 Å². The molecule has 0 fully saturated rings. The van der Waals surface area contributed by atoms with E-state index in [2.05, 4.69) is 6.92 Å². The van der Waals surface area contributed by atoms with Crippen LogP contribution < -0.4 is 0 Å². The lowest BCUT2D eigenvalue weighted by Gasteiger charge is -2.17. The number of ether oxygens (including phenoxy) is 1. The van der Waals surface area contributed by atoms with Crippen LogP contribution in [0.2, 0.25) is 0 Å². The molecule has 0 amide bonds. The zero-order valence-electron chi connectivity index (χ0n) is 8.09. The molecule has 3 nitrogen and oxygen atoms in total. The number of hydrogen-bond donors (Lipinski definition) is 1. The Kier molecular flexibility index (Phi) is 4.90. The van der Waals surface area contributed by atoms with Crippen LogP contribution in [0.1, 0.15) is 46.5 Å². The Morgan fingerprint density at radius 3 is 2.42 bits per heavy atom. The Labute approximate surface area is 73.7 Å². The molecule has 0 spiro atoms. The third-order valence-corrected chi connectivity index (χ3v) is 1.35. The summed E-state index contributed by atoms with van der Waals surface area (Å²) in [5, 5.41) is 9.10. The van der Waals surface area contributed by atoms with Gasteiger partial charge in [-0.3, -0.25) is 4.79 Å². The van der Waals surface area contributed by atoms with Gasteiger partial charge in [-0.25, -0.2) is 0 Å². The first-order chi connectivity index (χ1) is 5.45. The highest BCUT2D eigenvalue weighted by atomic mass is 16.7. The van der Waals surface area contributed by atoms with Gasteiger partial charge in [0.15, 0.2) is 0 Å². The van der Waals surface area contributed by atoms with Crippen molar-refractivity contribution in [3.8, 4) is 0 Å². The number of carbonyl (C=O) groups is 1. The molecule has 0 radical (unpaired) electrons. The average Bonchev–Trinajstić information content (AvgIpc) is 1.84. The van der Waals surface area contributed by atoms with Gasteiger partial charge in [0.05, 0.1) is 0 Å². The summed E-state index contributed by atoms with van der Waals surface area (Å²) in [5.41, 5.74) is 0. The molecule has 72 valence electrons. The van der Waals surface area contributed by atoms with Gasteiger partial charge in [0.25, 0.3) is 0 Å². The molecule has 0 rings (SSSR count). The largest absolute Gasteiger partial charge is 0.434 e.